The average molecular weight is 197 g/mol. The third-order valence-corrected chi connectivity index (χ3v) is 2.09. The first-order chi connectivity index (χ1) is 7.22. The van der Waals surface area contributed by atoms with E-state index in [4.69, 9.17) is 11.0 Å². The number of primary amides is 1. The molecule has 1 heterocycles. The molecule has 4 heteroatoms. The summed E-state index contributed by atoms with van der Waals surface area (Å²) < 4.78 is 0. The molecule has 0 spiro atoms. The molecule has 0 saturated carbocycles. The van der Waals surface area contributed by atoms with Gasteiger partial charge in [0.25, 0.3) is 5.91 Å². The van der Waals surface area contributed by atoms with E-state index in [0.717, 1.165) is 5.39 Å². The topological polar surface area (TPSA) is 79.8 Å². The first-order valence-corrected chi connectivity index (χ1v) is 4.32. The molecule has 0 unspecified atom stereocenters. The van der Waals surface area contributed by atoms with Crippen molar-refractivity contribution in [1.29, 1.82) is 5.26 Å². The molecular formula is C11H7N3O. The van der Waals surface area contributed by atoms with Gasteiger partial charge in [0, 0.05) is 5.39 Å². The van der Waals surface area contributed by atoms with Crippen molar-refractivity contribution in [3.8, 4) is 6.07 Å². The zero-order valence-electron chi connectivity index (χ0n) is 7.77. The van der Waals surface area contributed by atoms with Gasteiger partial charge < -0.3 is 5.73 Å². The van der Waals surface area contributed by atoms with Gasteiger partial charge in [0.05, 0.1) is 17.1 Å². The van der Waals surface area contributed by atoms with E-state index in [1.807, 2.05) is 12.1 Å². The summed E-state index contributed by atoms with van der Waals surface area (Å²) >= 11 is 0. The SMILES string of the molecule is N#Cc1cc(C(N)=O)nc2ccccc12. The number of carbonyl (C=O) groups excluding carboxylic acids is 1. The largest absolute Gasteiger partial charge is 0.364 e. The second-order valence-corrected chi connectivity index (χ2v) is 3.05. The van der Waals surface area contributed by atoms with Crippen LogP contribution in [0.3, 0.4) is 0 Å². The Hall–Kier alpha value is -2.41. The van der Waals surface area contributed by atoms with Crippen LogP contribution in [0, 0.1) is 11.3 Å². The monoisotopic (exact) mass is 197 g/mol. The van der Waals surface area contributed by atoms with Crippen molar-refractivity contribution in [3.05, 3.63) is 41.6 Å². The minimum atomic E-state index is -0.628. The molecule has 0 bridgehead atoms. The third kappa shape index (κ3) is 1.51. The molecule has 2 N–H and O–H groups in total. The third-order valence-electron chi connectivity index (χ3n) is 2.09. The Balaban J connectivity index is 2.84. The molecule has 4 nitrogen and oxygen atoms in total. The van der Waals surface area contributed by atoms with E-state index in [2.05, 4.69) is 4.98 Å². The van der Waals surface area contributed by atoms with Crippen molar-refractivity contribution in [2.75, 3.05) is 0 Å². The number of benzene rings is 1. The molecule has 2 rings (SSSR count). The van der Waals surface area contributed by atoms with Crippen LogP contribution in [0.5, 0.6) is 0 Å². The minimum Gasteiger partial charge on any atom is -0.364 e. The van der Waals surface area contributed by atoms with E-state index in [1.165, 1.54) is 6.07 Å². The quantitative estimate of drug-likeness (QED) is 0.746. The molecule has 0 atom stereocenters. The number of hydrogen-bond donors (Lipinski definition) is 1. The number of nitrogens with two attached hydrogens (primary N) is 1. The molecule has 0 fully saturated rings. The average Bonchev–Trinajstić information content (AvgIpc) is 2.27. The number of amides is 1. The second kappa shape index (κ2) is 3.39. The fraction of sp³-hybridized carbons (Fsp3) is 0. The lowest BCUT2D eigenvalue weighted by atomic mass is 10.1. The lowest BCUT2D eigenvalue weighted by Gasteiger charge is -2.01. The Morgan fingerprint density at radius 2 is 2.13 bits per heavy atom. The molecule has 1 amide bonds. The number of hydrogen-bond acceptors (Lipinski definition) is 3. The molecule has 15 heavy (non-hydrogen) atoms. The van der Waals surface area contributed by atoms with E-state index in [9.17, 15) is 4.79 Å². The van der Waals surface area contributed by atoms with Gasteiger partial charge in [-0.05, 0) is 12.1 Å². The number of para-hydroxylation sites is 1. The van der Waals surface area contributed by atoms with Crippen LogP contribution in [0.1, 0.15) is 16.1 Å². The second-order valence-electron chi connectivity index (χ2n) is 3.05. The van der Waals surface area contributed by atoms with Gasteiger partial charge in [-0.2, -0.15) is 5.26 Å². The first kappa shape index (κ1) is 9.16. The summed E-state index contributed by atoms with van der Waals surface area (Å²) in [4.78, 5) is 15.0. The number of aromatic nitrogens is 1. The number of pyridine rings is 1. The van der Waals surface area contributed by atoms with Crippen LogP contribution in [-0.4, -0.2) is 10.9 Å². The Bertz CT molecular complexity index is 584. The first-order valence-electron chi connectivity index (χ1n) is 4.32. The molecule has 72 valence electrons. The highest BCUT2D eigenvalue weighted by Gasteiger charge is 2.08. The maximum atomic E-state index is 11.0. The standard InChI is InChI=1S/C11H7N3O/c12-6-7-5-10(11(13)15)14-9-4-2-1-3-8(7)9/h1-5H,(H2,13,15). The van der Waals surface area contributed by atoms with Crippen molar-refractivity contribution in [3.63, 3.8) is 0 Å². The van der Waals surface area contributed by atoms with Gasteiger partial charge in [0.2, 0.25) is 0 Å². The van der Waals surface area contributed by atoms with Crippen LogP contribution in [0.2, 0.25) is 0 Å². The zero-order chi connectivity index (χ0) is 10.8. The summed E-state index contributed by atoms with van der Waals surface area (Å²) in [7, 11) is 0. The summed E-state index contributed by atoms with van der Waals surface area (Å²) in [6, 6.07) is 10.6. The maximum Gasteiger partial charge on any atom is 0.267 e. The van der Waals surface area contributed by atoms with Gasteiger partial charge in [-0.25, -0.2) is 4.98 Å². The lowest BCUT2D eigenvalue weighted by molar-refractivity contribution is 0.0996. The van der Waals surface area contributed by atoms with E-state index >= 15 is 0 Å². The van der Waals surface area contributed by atoms with Gasteiger partial charge in [-0.3, -0.25) is 4.79 Å². The summed E-state index contributed by atoms with van der Waals surface area (Å²) in [5.74, 6) is -0.628. The van der Waals surface area contributed by atoms with Crippen molar-refractivity contribution in [1.82, 2.24) is 4.98 Å². The number of fused-ring (bicyclic) bond motifs is 1. The maximum absolute atomic E-state index is 11.0. The molecule has 2 aromatic rings. The number of carbonyl (C=O) groups is 1. The predicted octanol–water partition coefficient (Wildman–Crippen LogP) is 1.21. The molecule has 1 aromatic heterocycles. The summed E-state index contributed by atoms with van der Waals surface area (Å²) in [6.45, 7) is 0. The summed E-state index contributed by atoms with van der Waals surface area (Å²) in [6.07, 6.45) is 0. The van der Waals surface area contributed by atoms with Crippen LogP contribution in [0.25, 0.3) is 10.9 Å². The molecular weight excluding hydrogens is 190 g/mol. The van der Waals surface area contributed by atoms with E-state index in [1.54, 1.807) is 18.2 Å². The molecule has 0 aliphatic rings. The minimum absolute atomic E-state index is 0.116. The molecule has 0 saturated heterocycles. The normalized spacial score (nSPS) is 9.80. The smallest absolute Gasteiger partial charge is 0.267 e. The van der Waals surface area contributed by atoms with Crippen LogP contribution < -0.4 is 5.73 Å². The highest BCUT2D eigenvalue weighted by atomic mass is 16.1. The van der Waals surface area contributed by atoms with Gasteiger partial charge >= 0.3 is 0 Å². The van der Waals surface area contributed by atoms with E-state index < -0.39 is 5.91 Å². The van der Waals surface area contributed by atoms with Crippen LogP contribution in [0.4, 0.5) is 0 Å². The Kier molecular flexibility index (Phi) is 2.07. The number of rotatable bonds is 1. The molecule has 0 radical (unpaired) electrons. The Morgan fingerprint density at radius 3 is 2.80 bits per heavy atom. The molecule has 0 aliphatic carbocycles. The van der Waals surface area contributed by atoms with Crippen LogP contribution in [-0.2, 0) is 0 Å². The highest BCUT2D eigenvalue weighted by molar-refractivity contribution is 5.95. The lowest BCUT2D eigenvalue weighted by Crippen LogP contribution is -2.13. The Morgan fingerprint density at radius 1 is 1.40 bits per heavy atom. The fourth-order valence-corrected chi connectivity index (χ4v) is 1.39. The number of nitriles is 1. The highest BCUT2D eigenvalue weighted by Crippen LogP contribution is 2.17. The van der Waals surface area contributed by atoms with Crippen molar-refractivity contribution < 1.29 is 4.79 Å². The van der Waals surface area contributed by atoms with Crippen LogP contribution in [0.15, 0.2) is 30.3 Å². The molecule has 1 aromatic carbocycles. The van der Waals surface area contributed by atoms with Crippen LogP contribution >= 0.6 is 0 Å². The van der Waals surface area contributed by atoms with Crippen molar-refractivity contribution in [2.45, 2.75) is 0 Å². The number of nitrogens with zero attached hydrogens (tertiary/aromatic N) is 2. The zero-order valence-corrected chi connectivity index (χ0v) is 7.77. The van der Waals surface area contributed by atoms with Gasteiger partial charge in [0.1, 0.15) is 5.69 Å². The summed E-state index contributed by atoms with van der Waals surface area (Å²) in [5, 5.41) is 9.64. The fourth-order valence-electron chi connectivity index (χ4n) is 1.39. The van der Waals surface area contributed by atoms with E-state index in [-0.39, 0.29) is 5.69 Å². The van der Waals surface area contributed by atoms with Crippen molar-refractivity contribution >= 4 is 16.8 Å². The predicted molar refractivity (Wildman–Crippen MR) is 55.0 cm³/mol. The summed E-state index contributed by atoms with van der Waals surface area (Å²) in [5.41, 5.74) is 6.25. The van der Waals surface area contributed by atoms with E-state index in [0.29, 0.717) is 11.1 Å². The Labute approximate surface area is 86.0 Å². The van der Waals surface area contributed by atoms with Gasteiger partial charge in [-0.15, -0.1) is 0 Å². The molecule has 0 aliphatic heterocycles. The van der Waals surface area contributed by atoms with Gasteiger partial charge in [0.15, 0.2) is 0 Å². The van der Waals surface area contributed by atoms with Gasteiger partial charge in [-0.1, -0.05) is 18.2 Å². The van der Waals surface area contributed by atoms with Crippen molar-refractivity contribution in [2.24, 2.45) is 5.73 Å².